The third-order valence-electron chi connectivity index (χ3n) is 4.20. The first-order valence-corrected chi connectivity index (χ1v) is 8.24. The van der Waals surface area contributed by atoms with Crippen molar-refractivity contribution in [3.8, 4) is 17.2 Å². The average Bonchev–Trinajstić information content (AvgIpc) is 2.68. The van der Waals surface area contributed by atoms with Crippen LogP contribution in [-0.4, -0.2) is 5.91 Å². The summed E-state index contributed by atoms with van der Waals surface area (Å²) < 4.78 is 13.0. The fourth-order valence-electron chi connectivity index (χ4n) is 2.78. The van der Waals surface area contributed by atoms with Gasteiger partial charge < -0.3 is 5.32 Å². The van der Waals surface area contributed by atoms with E-state index in [2.05, 4.69) is 11.4 Å². The standard InChI is InChI=1S/C22H17FN2O/c1-15(16-9-11-20(23)12-10-16)25-22(26)18-7-4-6-17(13-18)21-8-3-2-5-19(21)14-24/h2-13,15H,1H3,(H,25,26)/t15-/m1/s1. The van der Waals surface area contributed by atoms with Crippen LogP contribution in [0.2, 0.25) is 0 Å². The minimum absolute atomic E-state index is 0.224. The average molecular weight is 344 g/mol. The van der Waals surface area contributed by atoms with Gasteiger partial charge in [0.1, 0.15) is 5.82 Å². The van der Waals surface area contributed by atoms with E-state index in [1.54, 1.807) is 36.4 Å². The largest absolute Gasteiger partial charge is 0.346 e. The quantitative estimate of drug-likeness (QED) is 0.735. The summed E-state index contributed by atoms with van der Waals surface area (Å²) in [5.74, 6) is -0.533. The molecule has 0 saturated heterocycles. The number of hydrogen-bond acceptors (Lipinski definition) is 2. The zero-order chi connectivity index (χ0) is 18.5. The first-order chi connectivity index (χ1) is 12.6. The topological polar surface area (TPSA) is 52.9 Å². The van der Waals surface area contributed by atoms with Crippen molar-refractivity contribution in [3.05, 3.63) is 95.3 Å². The molecule has 26 heavy (non-hydrogen) atoms. The molecular formula is C22H17FN2O. The number of carbonyl (C=O) groups is 1. The van der Waals surface area contributed by atoms with E-state index in [0.29, 0.717) is 11.1 Å². The highest BCUT2D eigenvalue weighted by Crippen LogP contribution is 2.24. The van der Waals surface area contributed by atoms with E-state index in [1.807, 2.05) is 31.2 Å². The van der Waals surface area contributed by atoms with E-state index < -0.39 is 0 Å². The Morgan fingerprint density at radius 1 is 1.04 bits per heavy atom. The number of hydrogen-bond donors (Lipinski definition) is 1. The molecule has 128 valence electrons. The summed E-state index contributed by atoms with van der Waals surface area (Å²) in [5.41, 5.74) is 3.49. The van der Waals surface area contributed by atoms with Crippen LogP contribution in [0.15, 0.2) is 72.8 Å². The van der Waals surface area contributed by atoms with Gasteiger partial charge in [-0.25, -0.2) is 4.39 Å². The van der Waals surface area contributed by atoms with Gasteiger partial charge in [0.15, 0.2) is 0 Å². The lowest BCUT2D eigenvalue weighted by molar-refractivity contribution is 0.0940. The van der Waals surface area contributed by atoms with Crippen molar-refractivity contribution < 1.29 is 9.18 Å². The SMILES string of the molecule is C[C@@H](NC(=O)c1cccc(-c2ccccc2C#N)c1)c1ccc(F)cc1. The van der Waals surface area contributed by atoms with Gasteiger partial charge in [0.25, 0.3) is 5.91 Å². The Balaban J connectivity index is 1.82. The first-order valence-electron chi connectivity index (χ1n) is 8.24. The van der Waals surface area contributed by atoms with Crippen LogP contribution < -0.4 is 5.32 Å². The molecule has 3 rings (SSSR count). The van der Waals surface area contributed by atoms with Crippen LogP contribution in [-0.2, 0) is 0 Å². The number of carbonyl (C=O) groups excluding carboxylic acids is 1. The van der Waals surface area contributed by atoms with E-state index in [9.17, 15) is 14.4 Å². The molecule has 0 fully saturated rings. The molecule has 0 aromatic heterocycles. The zero-order valence-corrected chi connectivity index (χ0v) is 14.2. The maximum atomic E-state index is 13.0. The van der Waals surface area contributed by atoms with Gasteiger partial charge in [-0.3, -0.25) is 4.79 Å². The lowest BCUT2D eigenvalue weighted by atomic mass is 9.98. The lowest BCUT2D eigenvalue weighted by Crippen LogP contribution is -2.26. The molecule has 0 heterocycles. The maximum absolute atomic E-state index is 13.0. The summed E-state index contributed by atoms with van der Waals surface area (Å²) in [4.78, 5) is 12.6. The molecule has 0 aliphatic rings. The highest BCUT2D eigenvalue weighted by molar-refractivity contribution is 5.95. The fraction of sp³-hybridized carbons (Fsp3) is 0.0909. The summed E-state index contributed by atoms with van der Waals surface area (Å²) >= 11 is 0. The number of nitriles is 1. The third kappa shape index (κ3) is 3.79. The summed E-state index contributed by atoms with van der Waals surface area (Å²) in [6.07, 6.45) is 0. The Kier molecular flexibility index (Phi) is 5.09. The lowest BCUT2D eigenvalue weighted by Gasteiger charge is -2.15. The van der Waals surface area contributed by atoms with Gasteiger partial charge in [-0.1, -0.05) is 42.5 Å². The summed E-state index contributed by atoms with van der Waals surface area (Å²) in [6.45, 7) is 1.85. The molecule has 1 atom stereocenters. The molecule has 1 N–H and O–H groups in total. The summed E-state index contributed by atoms with van der Waals surface area (Å²) in [7, 11) is 0. The Morgan fingerprint density at radius 2 is 1.77 bits per heavy atom. The molecule has 0 spiro atoms. The zero-order valence-electron chi connectivity index (χ0n) is 14.2. The molecule has 1 amide bonds. The Bertz CT molecular complexity index is 974. The molecule has 0 aliphatic heterocycles. The van der Waals surface area contributed by atoms with Crippen molar-refractivity contribution in [1.29, 1.82) is 5.26 Å². The molecule has 0 saturated carbocycles. The fourth-order valence-corrected chi connectivity index (χ4v) is 2.78. The molecule has 4 heteroatoms. The molecule has 0 radical (unpaired) electrons. The Morgan fingerprint density at radius 3 is 2.50 bits per heavy atom. The smallest absolute Gasteiger partial charge is 0.251 e. The van der Waals surface area contributed by atoms with Gasteiger partial charge in [-0.2, -0.15) is 5.26 Å². The Hall–Kier alpha value is -3.45. The monoisotopic (exact) mass is 344 g/mol. The molecule has 3 aromatic rings. The van der Waals surface area contributed by atoms with Crippen molar-refractivity contribution >= 4 is 5.91 Å². The van der Waals surface area contributed by atoms with Crippen molar-refractivity contribution in [2.24, 2.45) is 0 Å². The van der Waals surface area contributed by atoms with Crippen molar-refractivity contribution in [2.45, 2.75) is 13.0 Å². The van der Waals surface area contributed by atoms with Crippen molar-refractivity contribution in [1.82, 2.24) is 5.32 Å². The number of amides is 1. The van der Waals surface area contributed by atoms with Gasteiger partial charge in [0, 0.05) is 5.56 Å². The normalized spacial score (nSPS) is 11.4. The number of halogens is 1. The summed E-state index contributed by atoms with van der Waals surface area (Å²) in [5, 5.41) is 12.2. The molecular weight excluding hydrogens is 327 g/mol. The number of rotatable bonds is 4. The van der Waals surface area contributed by atoms with Gasteiger partial charge in [-0.15, -0.1) is 0 Å². The minimum atomic E-state index is -0.309. The van der Waals surface area contributed by atoms with Crippen LogP contribution >= 0.6 is 0 Å². The van der Waals surface area contributed by atoms with Crippen LogP contribution in [0.3, 0.4) is 0 Å². The molecule has 3 nitrogen and oxygen atoms in total. The maximum Gasteiger partial charge on any atom is 0.251 e. The number of nitrogens with one attached hydrogen (secondary N) is 1. The van der Waals surface area contributed by atoms with Gasteiger partial charge in [0.2, 0.25) is 0 Å². The molecule has 3 aromatic carbocycles. The first kappa shape index (κ1) is 17.4. The molecule has 0 aliphatic carbocycles. The van der Waals surface area contributed by atoms with Gasteiger partial charge in [-0.05, 0) is 53.9 Å². The number of nitrogens with zero attached hydrogens (tertiary/aromatic N) is 1. The van der Waals surface area contributed by atoms with E-state index in [-0.39, 0.29) is 17.8 Å². The van der Waals surface area contributed by atoms with Crippen LogP contribution in [0, 0.1) is 17.1 Å². The van der Waals surface area contributed by atoms with Crippen LogP contribution in [0.1, 0.15) is 34.5 Å². The molecule has 0 unspecified atom stereocenters. The van der Waals surface area contributed by atoms with E-state index >= 15 is 0 Å². The van der Waals surface area contributed by atoms with Crippen molar-refractivity contribution in [3.63, 3.8) is 0 Å². The summed E-state index contributed by atoms with van der Waals surface area (Å²) in [6, 6.07) is 22.4. The number of benzene rings is 3. The Labute approximate surface area is 151 Å². The minimum Gasteiger partial charge on any atom is -0.346 e. The second-order valence-electron chi connectivity index (χ2n) is 5.98. The van der Waals surface area contributed by atoms with E-state index in [4.69, 9.17) is 0 Å². The second kappa shape index (κ2) is 7.62. The second-order valence-corrected chi connectivity index (χ2v) is 5.98. The third-order valence-corrected chi connectivity index (χ3v) is 4.20. The van der Waals surface area contributed by atoms with Crippen LogP contribution in [0.4, 0.5) is 4.39 Å². The van der Waals surface area contributed by atoms with Gasteiger partial charge in [0.05, 0.1) is 17.7 Å². The predicted octanol–water partition coefficient (Wildman–Crippen LogP) is 4.86. The predicted molar refractivity (Wildman–Crippen MR) is 98.9 cm³/mol. The highest BCUT2D eigenvalue weighted by Gasteiger charge is 2.13. The molecule has 0 bridgehead atoms. The van der Waals surface area contributed by atoms with E-state index in [0.717, 1.165) is 16.7 Å². The highest BCUT2D eigenvalue weighted by atomic mass is 19.1. The van der Waals surface area contributed by atoms with E-state index in [1.165, 1.54) is 12.1 Å². The van der Waals surface area contributed by atoms with Crippen molar-refractivity contribution in [2.75, 3.05) is 0 Å². The van der Waals surface area contributed by atoms with Crippen LogP contribution in [0.25, 0.3) is 11.1 Å². The van der Waals surface area contributed by atoms with Crippen LogP contribution in [0.5, 0.6) is 0 Å². The van der Waals surface area contributed by atoms with Gasteiger partial charge >= 0.3 is 0 Å².